The van der Waals surface area contributed by atoms with Gasteiger partial charge in [0.2, 0.25) is 11.8 Å². The Morgan fingerprint density at radius 1 is 0.953 bits per heavy atom. The number of para-hydroxylation sites is 2. The molecule has 14 heteroatoms. The minimum absolute atomic E-state index is 0.175. The van der Waals surface area contributed by atoms with Gasteiger partial charge in [-0.1, -0.05) is 53.4 Å². The molecule has 2 aliphatic rings. The second-order valence-electron chi connectivity index (χ2n) is 9.66. The third-order valence-electron chi connectivity index (χ3n) is 7.02. The van der Waals surface area contributed by atoms with Crippen LogP contribution in [0.4, 0.5) is 28.9 Å². The van der Waals surface area contributed by atoms with Crippen LogP contribution in [0, 0.1) is 11.7 Å². The number of thiazole rings is 1. The highest BCUT2D eigenvalue weighted by Crippen LogP contribution is 2.55. The largest absolute Gasteiger partial charge is 0.483 e. The van der Waals surface area contributed by atoms with Crippen molar-refractivity contribution >= 4 is 52.2 Å². The highest BCUT2D eigenvalue weighted by molar-refractivity contribution is 8.00. The van der Waals surface area contributed by atoms with Gasteiger partial charge in [0, 0.05) is 22.0 Å². The van der Waals surface area contributed by atoms with Crippen LogP contribution in [0.3, 0.4) is 0 Å². The Hall–Kier alpha value is -4.43. The van der Waals surface area contributed by atoms with E-state index in [1.165, 1.54) is 36.4 Å². The molecule has 4 aromatic rings. The molecule has 0 unspecified atom stereocenters. The van der Waals surface area contributed by atoms with Crippen LogP contribution in [0.1, 0.15) is 21.9 Å². The van der Waals surface area contributed by atoms with Crippen LogP contribution in [0.5, 0.6) is 5.75 Å². The van der Waals surface area contributed by atoms with E-state index in [2.05, 4.69) is 10.3 Å². The molecule has 1 saturated heterocycles. The van der Waals surface area contributed by atoms with Crippen molar-refractivity contribution < 1.29 is 36.7 Å². The highest BCUT2D eigenvalue weighted by atomic mass is 32.2. The first kappa shape index (κ1) is 28.7. The number of imide groups is 1. The predicted molar refractivity (Wildman–Crippen MR) is 151 cm³/mol. The number of carbonyl (C=O) groups excluding carboxylic acids is 3. The molecule has 1 fully saturated rings. The van der Waals surface area contributed by atoms with Gasteiger partial charge in [-0.2, -0.15) is 13.2 Å². The number of amides is 3. The van der Waals surface area contributed by atoms with Gasteiger partial charge in [-0.25, -0.2) is 9.29 Å². The molecule has 3 heterocycles. The van der Waals surface area contributed by atoms with Crippen molar-refractivity contribution in [3.05, 3.63) is 104 Å². The van der Waals surface area contributed by atoms with Gasteiger partial charge in [-0.05, 0) is 42.5 Å². The Morgan fingerprint density at radius 2 is 1.65 bits per heavy atom. The summed E-state index contributed by atoms with van der Waals surface area (Å²) in [6, 6.07) is 15.9. The van der Waals surface area contributed by atoms with Gasteiger partial charge in [0.15, 0.2) is 6.61 Å². The lowest BCUT2D eigenvalue weighted by Crippen LogP contribution is -2.33. The third-order valence-corrected chi connectivity index (χ3v) is 9.42. The number of H-pyrrole nitrogens is 1. The van der Waals surface area contributed by atoms with Crippen LogP contribution in [0.2, 0.25) is 0 Å². The van der Waals surface area contributed by atoms with Gasteiger partial charge in [-0.15, -0.1) is 0 Å². The van der Waals surface area contributed by atoms with Gasteiger partial charge in [0.05, 0.1) is 22.2 Å². The van der Waals surface area contributed by atoms with Gasteiger partial charge in [0.25, 0.3) is 5.91 Å². The summed E-state index contributed by atoms with van der Waals surface area (Å²) in [4.78, 5) is 55.8. The Morgan fingerprint density at radius 3 is 2.40 bits per heavy atom. The summed E-state index contributed by atoms with van der Waals surface area (Å²) < 4.78 is 60.7. The second kappa shape index (κ2) is 11.0. The topological polar surface area (TPSA) is 109 Å². The fourth-order valence-corrected chi connectivity index (χ4v) is 7.75. The molecule has 0 saturated carbocycles. The first-order valence-corrected chi connectivity index (χ1v) is 14.4. The lowest BCUT2D eigenvalue weighted by Gasteiger charge is -2.30. The normalized spacial score (nSPS) is 19.6. The van der Waals surface area contributed by atoms with Crippen LogP contribution in [0.25, 0.3) is 0 Å². The SMILES string of the molecule is O=C(COc1ccccc1[C@@H]1c2sc(=O)[nH]c2S[C@H]2C(=O)N(c3ccccc3C(F)(F)F)C(=O)[C@@H]12)Nc1ccc(F)cc1. The standard InChI is InChI=1S/C29H19F4N3O5S2/c30-14-9-11-15(12-10-14)34-20(37)13-41-19-8-4-1-5-16(19)21-22-24(42-25-23(21)43-28(40)35-25)27(39)36(26(22)38)18-7-3-2-6-17(18)29(31,32)33/h1-12,21-22,24H,13H2,(H,34,37)(H,35,40)/t21-,22-,24+/m0/s1. The molecule has 8 nitrogen and oxygen atoms in total. The molecular formula is C29H19F4N3O5S2. The highest BCUT2D eigenvalue weighted by Gasteiger charge is 2.57. The Balaban J connectivity index is 1.36. The van der Waals surface area contributed by atoms with E-state index in [9.17, 15) is 36.7 Å². The molecule has 1 aromatic heterocycles. The molecule has 2 N–H and O–H groups in total. The maximum atomic E-state index is 13.9. The van der Waals surface area contributed by atoms with E-state index in [1.807, 2.05) is 0 Å². The summed E-state index contributed by atoms with van der Waals surface area (Å²) in [5, 5.41) is 1.77. The van der Waals surface area contributed by atoms with Crippen molar-refractivity contribution in [1.82, 2.24) is 4.98 Å². The van der Waals surface area contributed by atoms with E-state index in [4.69, 9.17) is 4.74 Å². The van der Waals surface area contributed by atoms with Crippen molar-refractivity contribution in [3.8, 4) is 5.75 Å². The maximum absolute atomic E-state index is 13.9. The Labute approximate surface area is 248 Å². The summed E-state index contributed by atoms with van der Waals surface area (Å²) >= 11 is 1.75. The van der Waals surface area contributed by atoms with E-state index in [0.29, 0.717) is 26.1 Å². The smallest absolute Gasteiger partial charge is 0.418 e. The second-order valence-corrected chi connectivity index (χ2v) is 11.8. The van der Waals surface area contributed by atoms with Crippen molar-refractivity contribution in [2.45, 2.75) is 22.4 Å². The fourth-order valence-electron chi connectivity index (χ4n) is 5.24. The van der Waals surface area contributed by atoms with Crippen molar-refractivity contribution in [3.63, 3.8) is 0 Å². The maximum Gasteiger partial charge on any atom is 0.418 e. The van der Waals surface area contributed by atoms with E-state index in [1.54, 1.807) is 24.3 Å². The number of halogens is 4. The number of benzene rings is 3. The van der Waals surface area contributed by atoms with Gasteiger partial charge >= 0.3 is 11.0 Å². The van der Waals surface area contributed by atoms with E-state index < -0.39 is 69.5 Å². The van der Waals surface area contributed by atoms with E-state index >= 15 is 0 Å². The quantitative estimate of drug-likeness (QED) is 0.218. The van der Waals surface area contributed by atoms with E-state index in [-0.39, 0.29) is 5.75 Å². The van der Waals surface area contributed by atoms with Crippen LogP contribution < -0.4 is 19.8 Å². The molecule has 3 amide bonds. The molecule has 3 atom stereocenters. The first-order chi connectivity index (χ1) is 20.5. The summed E-state index contributed by atoms with van der Waals surface area (Å²) in [6.07, 6.45) is -4.82. The molecule has 2 aliphatic heterocycles. The number of hydrogen-bond donors (Lipinski definition) is 2. The number of hydrogen-bond acceptors (Lipinski definition) is 7. The molecule has 0 spiro atoms. The number of rotatable bonds is 6. The Kier molecular flexibility index (Phi) is 7.34. The minimum atomic E-state index is -4.82. The Bertz CT molecular complexity index is 1800. The number of nitrogens with zero attached hydrogens (tertiary/aromatic N) is 1. The number of ether oxygens (including phenoxy) is 1. The van der Waals surface area contributed by atoms with Crippen molar-refractivity contribution in [2.24, 2.45) is 5.92 Å². The van der Waals surface area contributed by atoms with Gasteiger partial charge in [-0.3, -0.25) is 19.2 Å². The number of aromatic amines is 1. The van der Waals surface area contributed by atoms with E-state index in [0.717, 1.165) is 35.2 Å². The summed E-state index contributed by atoms with van der Waals surface area (Å²) in [5.41, 5.74) is -0.990. The molecule has 43 heavy (non-hydrogen) atoms. The number of aromatic nitrogens is 1. The average Bonchev–Trinajstić information content (AvgIpc) is 3.47. The molecule has 0 radical (unpaired) electrons. The van der Waals surface area contributed by atoms with Crippen LogP contribution in [-0.4, -0.2) is 34.6 Å². The number of carbonyl (C=O) groups is 3. The lowest BCUT2D eigenvalue weighted by molar-refractivity contribution is -0.137. The number of alkyl halides is 3. The molecule has 220 valence electrons. The molecular weight excluding hydrogens is 610 g/mol. The van der Waals surface area contributed by atoms with Crippen LogP contribution >= 0.6 is 23.1 Å². The van der Waals surface area contributed by atoms with Crippen LogP contribution in [-0.2, 0) is 20.6 Å². The van der Waals surface area contributed by atoms with Crippen molar-refractivity contribution in [2.75, 3.05) is 16.8 Å². The average molecular weight is 630 g/mol. The molecule has 3 aromatic carbocycles. The molecule has 6 rings (SSSR count). The van der Waals surface area contributed by atoms with Crippen LogP contribution in [0.15, 0.2) is 82.6 Å². The summed E-state index contributed by atoms with van der Waals surface area (Å²) in [5.74, 6) is -4.66. The third kappa shape index (κ3) is 5.31. The predicted octanol–water partition coefficient (Wildman–Crippen LogP) is 5.41. The summed E-state index contributed by atoms with van der Waals surface area (Å²) in [7, 11) is 0. The number of fused-ring (bicyclic) bond motifs is 2. The summed E-state index contributed by atoms with van der Waals surface area (Å²) in [6.45, 7) is -0.474. The first-order valence-electron chi connectivity index (χ1n) is 12.7. The lowest BCUT2D eigenvalue weighted by atomic mass is 9.82. The zero-order chi connectivity index (χ0) is 30.5. The van der Waals surface area contributed by atoms with Gasteiger partial charge < -0.3 is 15.0 Å². The van der Waals surface area contributed by atoms with Gasteiger partial charge in [0.1, 0.15) is 16.8 Å². The zero-order valence-corrected chi connectivity index (χ0v) is 23.3. The monoisotopic (exact) mass is 629 g/mol. The number of thioether (sulfide) groups is 1. The number of anilines is 2. The van der Waals surface area contributed by atoms with Crippen molar-refractivity contribution in [1.29, 1.82) is 0 Å². The zero-order valence-electron chi connectivity index (χ0n) is 21.7. The minimum Gasteiger partial charge on any atom is -0.483 e. The number of nitrogens with one attached hydrogen (secondary N) is 2. The molecule has 0 aliphatic carbocycles. The fraction of sp³-hybridized carbons (Fsp3) is 0.172. The molecule has 0 bridgehead atoms.